The Morgan fingerprint density at radius 1 is 1.21 bits per heavy atom. The Balaban J connectivity index is 1.88. The average Bonchev–Trinajstić information content (AvgIpc) is 3.05. The molecule has 128 valence electrons. The zero-order valence-electron chi connectivity index (χ0n) is 13.9. The normalized spacial score (nSPS) is 15.2. The van der Waals surface area contributed by atoms with Gasteiger partial charge in [-0.05, 0) is 24.3 Å². The third kappa shape index (κ3) is 3.58. The highest BCUT2D eigenvalue weighted by Crippen LogP contribution is 2.18. The summed E-state index contributed by atoms with van der Waals surface area (Å²) in [4.78, 5) is 14.3. The molecule has 2 heterocycles. The van der Waals surface area contributed by atoms with Gasteiger partial charge in [0.05, 0.1) is 38.8 Å². The maximum atomic E-state index is 12.1. The summed E-state index contributed by atoms with van der Waals surface area (Å²) < 4.78 is 17.1. The number of ether oxygens (including phenoxy) is 3. The highest BCUT2D eigenvalue weighted by atomic mass is 16.5. The van der Waals surface area contributed by atoms with Crippen LogP contribution in [-0.4, -0.2) is 61.2 Å². The van der Waals surface area contributed by atoms with Crippen molar-refractivity contribution in [1.82, 2.24) is 14.7 Å². The number of methoxy groups -OCH3 is 2. The van der Waals surface area contributed by atoms with Crippen LogP contribution in [0.15, 0.2) is 30.5 Å². The second kappa shape index (κ2) is 7.46. The summed E-state index contributed by atoms with van der Waals surface area (Å²) in [6.07, 6.45) is 1.71. The summed E-state index contributed by atoms with van der Waals surface area (Å²) in [5.74, 6) is 0.394. The maximum Gasteiger partial charge on any atom is 0.341 e. The molecule has 3 rings (SSSR count). The third-order valence-corrected chi connectivity index (χ3v) is 4.01. The smallest absolute Gasteiger partial charge is 0.341 e. The van der Waals surface area contributed by atoms with Crippen molar-refractivity contribution < 1.29 is 19.0 Å². The lowest BCUT2D eigenvalue weighted by Crippen LogP contribution is -2.36. The van der Waals surface area contributed by atoms with Crippen molar-refractivity contribution in [2.75, 3.05) is 40.5 Å². The van der Waals surface area contributed by atoms with Crippen LogP contribution < -0.4 is 4.74 Å². The predicted molar refractivity (Wildman–Crippen MR) is 87.6 cm³/mol. The molecule has 1 saturated heterocycles. The molecule has 1 aromatic heterocycles. The molecule has 0 spiro atoms. The Labute approximate surface area is 140 Å². The van der Waals surface area contributed by atoms with Crippen LogP contribution in [0.1, 0.15) is 16.1 Å². The second-order valence-electron chi connectivity index (χ2n) is 5.51. The molecule has 0 saturated carbocycles. The van der Waals surface area contributed by atoms with Gasteiger partial charge < -0.3 is 14.2 Å². The summed E-state index contributed by atoms with van der Waals surface area (Å²) in [6.45, 7) is 3.66. The number of carbonyl (C=O) groups is 1. The molecule has 1 aliphatic heterocycles. The number of hydrogen-bond acceptors (Lipinski definition) is 6. The van der Waals surface area contributed by atoms with Crippen LogP contribution in [0.5, 0.6) is 5.75 Å². The number of aromatic nitrogens is 2. The molecule has 1 fully saturated rings. The molecule has 0 unspecified atom stereocenters. The van der Waals surface area contributed by atoms with Crippen LogP contribution in [0.3, 0.4) is 0 Å². The van der Waals surface area contributed by atoms with Gasteiger partial charge in [0.15, 0.2) is 0 Å². The molecule has 0 amide bonds. The first-order valence-electron chi connectivity index (χ1n) is 7.82. The van der Waals surface area contributed by atoms with Crippen molar-refractivity contribution in [3.05, 3.63) is 41.7 Å². The van der Waals surface area contributed by atoms with E-state index in [1.54, 1.807) is 18.0 Å². The standard InChI is InChI=1S/C17H21N3O4/c1-22-14-5-3-13(4-6-14)20-11-15(17(21)23-2)16(18-20)12-19-7-9-24-10-8-19/h3-6,11H,7-10,12H2,1-2H3. The number of esters is 1. The molecular formula is C17H21N3O4. The van der Waals surface area contributed by atoms with Gasteiger partial charge in [0.25, 0.3) is 0 Å². The molecule has 7 nitrogen and oxygen atoms in total. The van der Waals surface area contributed by atoms with E-state index in [4.69, 9.17) is 14.2 Å². The van der Waals surface area contributed by atoms with Gasteiger partial charge in [-0.3, -0.25) is 4.90 Å². The van der Waals surface area contributed by atoms with E-state index in [1.807, 2.05) is 24.3 Å². The van der Waals surface area contributed by atoms with Crippen molar-refractivity contribution in [3.8, 4) is 11.4 Å². The first-order valence-corrected chi connectivity index (χ1v) is 7.82. The number of nitrogens with zero attached hydrogens (tertiary/aromatic N) is 3. The van der Waals surface area contributed by atoms with Crippen LogP contribution in [0.25, 0.3) is 5.69 Å². The predicted octanol–water partition coefficient (Wildman–Crippen LogP) is 1.50. The molecule has 0 bridgehead atoms. The summed E-state index contributed by atoms with van der Waals surface area (Å²) in [5, 5.41) is 4.59. The summed E-state index contributed by atoms with van der Waals surface area (Å²) in [5.41, 5.74) is 2.05. The van der Waals surface area contributed by atoms with Gasteiger partial charge in [0, 0.05) is 25.8 Å². The third-order valence-electron chi connectivity index (χ3n) is 4.01. The largest absolute Gasteiger partial charge is 0.497 e. The SMILES string of the molecule is COC(=O)c1cn(-c2ccc(OC)cc2)nc1CN1CCOCC1. The summed E-state index contributed by atoms with van der Waals surface area (Å²) in [6, 6.07) is 7.50. The Hall–Kier alpha value is -2.38. The van der Waals surface area contributed by atoms with E-state index in [0.29, 0.717) is 31.0 Å². The quantitative estimate of drug-likeness (QED) is 0.774. The van der Waals surface area contributed by atoms with Gasteiger partial charge in [-0.25, -0.2) is 9.48 Å². The molecule has 1 aliphatic rings. The van der Waals surface area contributed by atoms with Gasteiger partial charge >= 0.3 is 5.97 Å². The van der Waals surface area contributed by atoms with Gasteiger partial charge in [-0.15, -0.1) is 0 Å². The number of carbonyl (C=O) groups excluding carboxylic acids is 1. The summed E-state index contributed by atoms with van der Waals surface area (Å²) in [7, 11) is 3.00. The first-order chi connectivity index (χ1) is 11.7. The highest BCUT2D eigenvalue weighted by molar-refractivity contribution is 5.90. The minimum Gasteiger partial charge on any atom is -0.497 e. The fourth-order valence-electron chi connectivity index (χ4n) is 2.65. The lowest BCUT2D eigenvalue weighted by molar-refractivity contribution is 0.0332. The van der Waals surface area contributed by atoms with Crippen LogP contribution in [0.2, 0.25) is 0 Å². The molecule has 24 heavy (non-hydrogen) atoms. The molecule has 2 aromatic rings. The van der Waals surface area contributed by atoms with E-state index in [1.165, 1.54) is 7.11 Å². The van der Waals surface area contributed by atoms with Crippen molar-refractivity contribution in [2.24, 2.45) is 0 Å². The topological polar surface area (TPSA) is 65.8 Å². The van der Waals surface area contributed by atoms with Crippen molar-refractivity contribution >= 4 is 5.97 Å². The van der Waals surface area contributed by atoms with E-state index in [9.17, 15) is 4.79 Å². The summed E-state index contributed by atoms with van der Waals surface area (Å²) >= 11 is 0. The molecule has 7 heteroatoms. The zero-order valence-corrected chi connectivity index (χ0v) is 13.9. The number of rotatable bonds is 5. The fourth-order valence-corrected chi connectivity index (χ4v) is 2.65. The van der Waals surface area contributed by atoms with E-state index < -0.39 is 0 Å². The van der Waals surface area contributed by atoms with Crippen LogP contribution >= 0.6 is 0 Å². The van der Waals surface area contributed by atoms with Gasteiger partial charge in [0.1, 0.15) is 11.3 Å². The van der Waals surface area contributed by atoms with E-state index in [-0.39, 0.29) is 5.97 Å². The lowest BCUT2D eigenvalue weighted by atomic mass is 10.2. The molecule has 0 aliphatic carbocycles. The molecule has 0 atom stereocenters. The Kier molecular flexibility index (Phi) is 5.12. The second-order valence-corrected chi connectivity index (χ2v) is 5.51. The van der Waals surface area contributed by atoms with E-state index in [2.05, 4.69) is 10.00 Å². The monoisotopic (exact) mass is 331 g/mol. The fraction of sp³-hybridized carbons (Fsp3) is 0.412. The van der Waals surface area contributed by atoms with Gasteiger partial charge in [-0.1, -0.05) is 0 Å². The average molecular weight is 331 g/mol. The van der Waals surface area contributed by atoms with Crippen molar-refractivity contribution in [2.45, 2.75) is 6.54 Å². The Morgan fingerprint density at radius 3 is 2.54 bits per heavy atom. The van der Waals surface area contributed by atoms with Crippen LogP contribution in [0.4, 0.5) is 0 Å². The molecule has 0 radical (unpaired) electrons. The van der Waals surface area contributed by atoms with Gasteiger partial charge in [-0.2, -0.15) is 5.10 Å². The Morgan fingerprint density at radius 2 is 1.92 bits per heavy atom. The lowest BCUT2D eigenvalue weighted by Gasteiger charge is -2.25. The minimum atomic E-state index is -0.377. The molecular weight excluding hydrogens is 310 g/mol. The van der Waals surface area contributed by atoms with Crippen molar-refractivity contribution in [1.29, 1.82) is 0 Å². The van der Waals surface area contributed by atoms with Gasteiger partial charge in [0.2, 0.25) is 0 Å². The molecule has 0 N–H and O–H groups in total. The van der Waals surface area contributed by atoms with Crippen LogP contribution in [0, 0.1) is 0 Å². The number of hydrogen-bond donors (Lipinski definition) is 0. The minimum absolute atomic E-state index is 0.377. The van der Waals surface area contributed by atoms with Crippen molar-refractivity contribution in [3.63, 3.8) is 0 Å². The molecule has 1 aromatic carbocycles. The zero-order chi connectivity index (χ0) is 16.9. The number of benzene rings is 1. The van der Waals surface area contributed by atoms with Crippen LogP contribution in [-0.2, 0) is 16.0 Å². The number of morpholine rings is 1. The van der Waals surface area contributed by atoms with E-state index in [0.717, 1.165) is 24.5 Å². The Bertz CT molecular complexity index is 690. The highest BCUT2D eigenvalue weighted by Gasteiger charge is 2.21. The first kappa shape index (κ1) is 16.5. The van der Waals surface area contributed by atoms with E-state index >= 15 is 0 Å². The maximum absolute atomic E-state index is 12.1.